The molecule has 1 aromatic rings. The molecule has 2 heterocycles. The first-order valence-electron chi connectivity index (χ1n) is 7.18. The largest absolute Gasteiger partial charge is 0.462 e. The fourth-order valence-corrected chi connectivity index (χ4v) is 2.25. The van der Waals surface area contributed by atoms with E-state index in [-0.39, 0.29) is 0 Å². The van der Waals surface area contributed by atoms with Crippen LogP contribution in [0.2, 0.25) is 0 Å². The number of hydrogen-bond donors (Lipinski definition) is 1. The van der Waals surface area contributed by atoms with Gasteiger partial charge in [0.05, 0.1) is 0 Å². The smallest absolute Gasteiger partial charge is 0.316 e. The van der Waals surface area contributed by atoms with E-state index >= 15 is 0 Å². The maximum Gasteiger partial charge on any atom is 0.316 e. The van der Waals surface area contributed by atoms with Crippen LogP contribution in [-0.2, 0) is 6.54 Å². The first kappa shape index (κ1) is 14.2. The van der Waals surface area contributed by atoms with Crippen molar-refractivity contribution in [2.24, 2.45) is 0 Å². The van der Waals surface area contributed by atoms with Gasteiger partial charge in [0.1, 0.15) is 6.61 Å². The Bertz CT molecular complexity index is 391. The Hall–Kier alpha value is -1.20. The lowest BCUT2D eigenvalue weighted by molar-refractivity contribution is 0.225. The summed E-state index contributed by atoms with van der Waals surface area (Å²) < 4.78 is 5.62. The van der Waals surface area contributed by atoms with Crippen molar-refractivity contribution in [1.29, 1.82) is 0 Å². The lowest BCUT2D eigenvalue weighted by Crippen LogP contribution is -2.25. The first-order valence-corrected chi connectivity index (χ1v) is 7.18. The van der Waals surface area contributed by atoms with Crippen LogP contribution in [0.3, 0.4) is 0 Å². The van der Waals surface area contributed by atoms with Gasteiger partial charge in [-0.25, -0.2) is 9.97 Å². The molecule has 1 fully saturated rings. The zero-order valence-corrected chi connectivity index (χ0v) is 12.0. The molecule has 0 aliphatic carbocycles. The topological polar surface area (TPSA) is 50.3 Å². The summed E-state index contributed by atoms with van der Waals surface area (Å²) in [7, 11) is 0. The van der Waals surface area contributed by atoms with Gasteiger partial charge in [-0.05, 0) is 39.4 Å². The average molecular weight is 264 g/mol. The number of aryl methyl sites for hydroxylation is 1. The summed E-state index contributed by atoms with van der Waals surface area (Å²) in [6, 6.07) is 0.497. The Labute approximate surface area is 115 Å². The summed E-state index contributed by atoms with van der Waals surface area (Å²) in [5.74, 6) is 0. The van der Waals surface area contributed by atoms with Crippen LogP contribution < -0.4 is 10.1 Å². The fourth-order valence-electron chi connectivity index (χ4n) is 2.25. The van der Waals surface area contributed by atoms with Gasteiger partial charge in [-0.3, -0.25) is 4.90 Å². The molecule has 1 aromatic heterocycles. The molecular formula is C14H24N4O. The molecule has 0 aromatic carbocycles. The SMILES string of the molecule is CCNCc1cnc(OCCN2CCCC2)nc1C. The van der Waals surface area contributed by atoms with Crippen LogP contribution in [0, 0.1) is 6.92 Å². The number of rotatable bonds is 7. The van der Waals surface area contributed by atoms with E-state index in [1.54, 1.807) is 0 Å². The minimum absolute atomic E-state index is 0.497. The molecule has 1 N–H and O–H groups in total. The van der Waals surface area contributed by atoms with Gasteiger partial charge in [-0.1, -0.05) is 6.92 Å². The molecule has 5 nitrogen and oxygen atoms in total. The van der Waals surface area contributed by atoms with Crippen molar-refractivity contribution < 1.29 is 4.74 Å². The molecule has 0 saturated carbocycles. The highest BCUT2D eigenvalue weighted by molar-refractivity contribution is 5.17. The highest BCUT2D eigenvalue weighted by Gasteiger charge is 2.11. The Morgan fingerprint density at radius 3 is 2.84 bits per heavy atom. The van der Waals surface area contributed by atoms with Crippen molar-refractivity contribution in [2.45, 2.75) is 33.2 Å². The van der Waals surface area contributed by atoms with Gasteiger partial charge in [-0.2, -0.15) is 0 Å². The molecule has 0 radical (unpaired) electrons. The Morgan fingerprint density at radius 1 is 1.37 bits per heavy atom. The third-order valence-electron chi connectivity index (χ3n) is 3.46. The summed E-state index contributed by atoms with van der Waals surface area (Å²) in [5.41, 5.74) is 2.13. The van der Waals surface area contributed by atoms with Crippen LogP contribution >= 0.6 is 0 Å². The minimum Gasteiger partial charge on any atom is -0.462 e. The molecule has 0 atom stereocenters. The minimum atomic E-state index is 0.497. The van der Waals surface area contributed by atoms with Crippen molar-refractivity contribution in [2.75, 3.05) is 32.8 Å². The van der Waals surface area contributed by atoms with E-state index in [0.717, 1.165) is 30.9 Å². The number of likely N-dealkylation sites (tertiary alicyclic amines) is 1. The van der Waals surface area contributed by atoms with E-state index in [2.05, 4.69) is 27.1 Å². The van der Waals surface area contributed by atoms with Crippen molar-refractivity contribution >= 4 is 0 Å². The molecule has 0 bridgehead atoms. The molecule has 1 aliphatic heterocycles. The fraction of sp³-hybridized carbons (Fsp3) is 0.714. The summed E-state index contributed by atoms with van der Waals surface area (Å²) in [5, 5.41) is 3.28. The van der Waals surface area contributed by atoms with Crippen LogP contribution in [0.15, 0.2) is 6.20 Å². The summed E-state index contributed by atoms with van der Waals surface area (Å²) in [6.45, 7) is 9.90. The lowest BCUT2D eigenvalue weighted by Gasteiger charge is -2.14. The molecule has 0 amide bonds. The number of nitrogens with one attached hydrogen (secondary N) is 1. The molecule has 5 heteroatoms. The monoisotopic (exact) mass is 264 g/mol. The summed E-state index contributed by atoms with van der Waals surface area (Å²) >= 11 is 0. The normalized spacial score (nSPS) is 15.9. The molecular weight excluding hydrogens is 240 g/mol. The zero-order chi connectivity index (χ0) is 13.5. The molecule has 0 spiro atoms. The highest BCUT2D eigenvalue weighted by Crippen LogP contribution is 2.10. The van der Waals surface area contributed by atoms with E-state index in [4.69, 9.17) is 4.74 Å². The van der Waals surface area contributed by atoms with Gasteiger partial charge in [0, 0.05) is 30.5 Å². The van der Waals surface area contributed by atoms with Gasteiger partial charge in [0.25, 0.3) is 0 Å². The third-order valence-corrected chi connectivity index (χ3v) is 3.46. The number of aromatic nitrogens is 2. The number of nitrogens with zero attached hydrogens (tertiary/aromatic N) is 3. The molecule has 2 rings (SSSR count). The van der Waals surface area contributed by atoms with Gasteiger partial charge in [0.2, 0.25) is 0 Å². The van der Waals surface area contributed by atoms with Crippen molar-refractivity contribution in [3.63, 3.8) is 0 Å². The second kappa shape index (κ2) is 7.40. The predicted octanol–water partition coefficient (Wildman–Crippen LogP) is 1.37. The summed E-state index contributed by atoms with van der Waals surface area (Å²) in [6.07, 6.45) is 4.49. The van der Waals surface area contributed by atoms with Crippen LogP contribution in [0.1, 0.15) is 31.0 Å². The lowest BCUT2D eigenvalue weighted by atomic mass is 10.2. The number of ether oxygens (including phenoxy) is 1. The van der Waals surface area contributed by atoms with Crippen molar-refractivity contribution in [3.8, 4) is 6.01 Å². The van der Waals surface area contributed by atoms with Crippen molar-refractivity contribution in [1.82, 2.24) is 20.2 Å². The molecule has 1 saturated heterocycles. The Kier molecular flexibility index (Phi) is 5.54. The molecule has 0 unspecified atom stereocenters. The van der Waals surface area contributed by atoms with Crippen molar-refractivity contribution in [3.05, 3.63) is 17.5 Å². The van der Waals surface area contributed by atoms with E-state index in [0.29, 0.717) is 12.6 Å². The molecule has 106 valence electrons. The van der Waals surface area contributed by atoms with Crippen LogP contribution in [0.4, 0.5) is 0 Å². The highest BCUT2D eigenvalue weighted by atomic mass is 16.5. The zero-order valence-electron chi connectivity index (χ0n) is 12.0. The first-order chi connectivity index (χ1) is 9.29. The standard InChI is InChI=1S/C14H24N4O/c1-3-15-10-13-11-16-14(17-12(13)2)19-9-8-18-6-4-5-7-18/h11,15H,3-10H2,1-2H3. The molecule has 19 heavy (non-hydrogen) atoms. The van der Waals surface area contributed by atoms with E-state index in [1.807, 2.05) is 13.1 Å². The third kappa shape index (κ3) is 4.44. The maximum absolute atomic E-state index is 5.62. The van der Waals surface area contributed by atoms with Crippen LogP contribution in [0.25, 0.3) is 0 Å². The maximum atomic E-state index is 5.62. The van der Waals surface area contributed by atoms with Gasteiger partial charge in [0.15, 0.2) is 0 Å². The second-order valence-electron chi connectivity index (χ2n) is 4.94. The number of hydrogen-bond acceptors (Lipinski definition) is 5. The van der Waals surface area contributed by atoms with Gasteiger partial charge < -0.3 is 10.1 Å². The van der Waals surface area contributed by atoms with Crippen LogP contribution in [0.5, 0.6) is 6.01 Å². The average Bonchev–Trinajstić information content (AvgIpc) is 2.91. The van der Waals surface area contributed by atoms with Gasteiger partial charge in [-0.15, -0.1) is 0 Å². The van der Waals surface area contributed by atoms with E-state index in [9.17, 15) is 0 Å². The van der Waals surface area contributed by atoms with E-state index in [1.165, 1.54) is 25.9 Å². The van der Waals surface area contributed by atoms with E-state index < -0.39 is 0 Å². The van der Waals surface area contributed by atoms with Crippen LogP contribution in [-0.4, -0.2) is 47.7 Å². The Balaban J connectivity index is 1.78. The second-order valence-corrected chi connectivity index (χ2v) is 4.94. The Morgan fingerprint density at radius 2 is 2.16 bits per heavy atom. The molecule has 1 aliphatic rings. The quantitative estimate of drug-likeness (QED) is 0.806. The van der Waals surface area contributed by atoms with Gasteiger partial charge >= 0.3 is 6.01 Å². The summed E-state index contributed by atoms with van der Waals surface area (Å²) in [4.78, 5) is 11.1. The predicted molar refractivity (Wildman–Crippen MR) is 75.3 cm³/mol.